The molecular weight excluding hydrogens is 390 g/mol. The van der Waals surface area contributed by atoms with E-state index in [9.17, 15) is 14.9 Å². The van der Waals surface area contributed by atoms with Gasteiger partial charge in [0.1, 0.15) is 11.5 Å². The van der Waals surface area contributed by atoms with E-state index in [1.807, 2.05) is 18.2 Å². The molecule has 0 amide bonds. The number of nitro groups is 1. The van der Waals surface area contributed by atoms with Gasteiger partial charge in [0.25, 0.3) is 11.2 Å². The molecule has 0 radical (unpaired) electrons. The molecule has 142 valence electrons. The molecule has 0 atom stereocenters. The molecule has 29 heavy (non-hydrogen) atoms. The number of benzene rings is 3. The smallest absolute Gasteiger partial charge is 0.268 e. The summed E-state index contributed by atoms with van der Waals surface area (Å²) in [5.74, 6) is 0.267. The van der Waals surface area contributed by atoms with Crippen LogP contribution in [0.1, 0.15) is 11.4 Å². The van der Waals surface area contributed by atoms with Crippen molar-refractivity contribution in [3.05, 3.63) is 110 Å². The molecule has 0 spiro atoms. The second kappa shape index (κ2) is 7.69. The maximum absolute atomic E-state index is 13.2. The molecule has 4 aromatic rings. The molecule has 0 bridgehead atoms. The van der Waals surface area contributed by atoms with E-state index < -0.39 is 4.92 Å². The van der Waals surface area contributed by atoms with E-state index in [1.165, 1.54) is 16.7 Å². The second-order valence-electron chi connectivity index (χ2n) is 6.23. The van der Waals surface area contributed by atoms with Crippen LogP contribution in [0.3, 0.4) is 0 Å². The number of aromatic nitrogens is 2. The Kier molecular flexibility index (Phi) is 4.93. The average molecular weight is 404 g/mol. The van der Waals surface area contributed by atoms with Gasteiger partial charge in [-0.25, -0.2) is 4.98 Å². The molecule has 1 aromatic heterocycles. The van der Waals surface area contributed by atoms with Gasteiger partial charge in [0, 0.05) is 11.1 Å². The first-order chi connectivity index (χ1) is 14.1. The Morgan fingerprint density at radius 3 is 2.41 bits per heavy atom. The molecule has 4 rings (SSSR count). The van der Waals surface area contributed by atoms with Gasteiger partial charge >= 0.3 is 0 Å². The van der Waals surface area contributed by atoms with E-state index in [2.05, 4.69) is 4.98 Å². The topological polar surface area (TPSA) is 78.0 Å². The standard InChI is InChI=1S/C22H14ClN3O3/c23-17-9-3-1-7-15(17)13-14-21-24-18-10-4-2-8-16(18)22(27)25(21)19-11-5-6-12-20(19)26(28)29/h1-14H. The van der Waals surface area contributed by atoms with Gasteiger partial charge in [0.2, 0.25) is 0 Å². The Labute approximate surface area is 170 Å². The number of hydrogen-bond acceptors (Lipinski definition) is 4. The summed E-state index contributed by atoms with van der Waals surface area (Å²) < 4.78 is 1.26. The van der Waals surface area contributed by atoms with Crippen molar-refractivity contribution in [2.45, 2.75) is 0 Å². The first-order valence-electron chi connectivity index (χ1n) is 8.74. The van der Waals surface area contributed by atoms with Crippen LogP contribution in [0.2, 0.25) is 5.02 Å². The maximum Gasteiger partial charge on any atom is 0.293 e. The fraction of sp³-hybridized carbons (Fsp3) is 0. The lowest BCUT2D eigenvalue weighted by molar-refractivity contribution is -0.384. The molecule has 7 heteroatoms. The van der Waals surface area contributed by atoms with Crippen molar-refractivity contribution in [3.63, 3.8) is 0 Å². The van der Waals surface area contributed by atoms with Crippen LogP contribution in [0.25, 0.3) is 28.7 Å². The Balaban J connectivity index is 2.02. The van der Waals surface area contributed by atoms with Crippen molar-refractivity contribution in [2.75, 3.05) is 0 Å². The number of nitrogens with zero attached hydrogens (tertiary/aromatic N) is 3. The second-order valence-corrected chi connectivity index (χ2v) is 6.64. The van der Waals surface area contributed by atoms with E-state index in [-0.39, 0.29) is 22.8 Å². The highest BCUT2D eigenvalue weighted by Crippen LogP contribution is 2.24. The number of hydrogen-bond donors (Lipinski definition) is 0. The summed E-state index contributed by atoms with van der Waals surface area (Å²) in [7, 11) is 0. The van der Waals surface area contributed by atoms with Crippen LogP contribution < -0.4 is 5.56 Å². The Hall–Kier alpha value is -3.77. The minimum atomic E-state index is -0.515. The van der Waals surface area contributed by atoms with Gasteiger partial charge in [0.05, 0.1) is 15.8 Å². The predicted molar refractivity (Wildman–Crippen MR) is 114 cm³/mol. The summed E-state index contributed by atoms with van der Waals surface area (Å²) in [4.78, 5) is 28.8. The van der Waals surface area contributed by atoms with Crippen molar-refractivity contribution in [2.24, 2.45) is 0 Å². The van der Waals surface area contributed by atoms with Crippen molar-refractivity contribution in [1.82, 2.24) is 9.55 Å². The number of rotatable bonds is 4. The lowest BCUT2D eigenvalue weighted by atomic mass is 10.2. The lowest BCUT2D eigenvalue weighted by Gasteiger charge is -2.11. The van der Waals surface area contributed by atoms with E-state index in [0.29, 0.717) is 15.9 Å². The van der Waals surface area contributed by atoms with Gasteiger partial charge in [-0.3, -0.25) is 19.5 Å². The third-order valence-electron chi connectivity index (χ3n) is 4.44. The van der Waals surface area contributed by atoms with Crippen LogP contribution in [0.5, 0.6) is 0 Å². The molecule has 0 aliphatic rings. The molecule has 0 unspecified atom stereocenters. The number of nitro benzene ring substituents is 1. The van der Waals surface area contributed by atoms with Gasteiger partial charge < -0.3 is 0 Å². The summed E-state index contributed by atoms with van der Waals surface area (Å²) >= 11 is 6.21. The third kappa shape index (κ3) is 3.53. The van der Waals surface area contributed by atoms with Crippen molar-refractivity contribution in [3.8, 4) is 5.69 Å². The Bertz CT molecular complexity index is 1330. The molecular formula is C22H14ClN3O3. The molecule has 6 nitrogen and oxygen atoms in total. The number of fused-ring (bicyclic) bond motifs is 1. The normalized spacial score (nSPS) is 11.2. The van der Waals surface area contributed by atoms with Crippen LogP contribution in [0.15, 0.2) is 77.6 Å². The first kappa shape index (κ1) is 18.6. The highest BCUT2D eigenvalue weighted by Gasteiger charge is 2.19. The van der Waals surface area contributed by atoms with Crippen molar-refractivity contribution < 1.29 is 4.92 Å². The largest absolute Gasteiger partial charge is 0.293 e. The van der Waals surface area contributed by atoms with Crippen LogP contribution in [0.4, 0.5) is 5.69 Å². The molecule has 0 aliphatic carbocycles. The van der Waals surface area contributed by atoms with Crippen LogP contribution in [0, 0.1) is 10.1 Å². The summed E-state index contributed by atoms with van der Waals surface area (Å²) in [6.07, 6.45) is 3.36. The molecule has 0 N–H and O–H groups in total. The van der Waals surface area contributed by atoms with E-state index in [4.69, 9.17) is 11.6 Å². The monoisotopic (exact) mass is 403 g/mol. The summed E-state index contributed by atoms with van der Waals surface area (Å²) in [5, 5.41) is 12.5. The van der Waals surface area contributed by atoms with Crippen molar-refractivity contribution in [1.29, 1.82) is 0 Å². The zero-order valence-electron chi connectivity index (χ0n) is 15.0. The average Bonchev–Trinajstić information content (AvgIpc) is 2.73. The summed E-state index contributed by atoms with van der Waals surface area (Å²) in [6, 6.07) is 20.2. The molecule has 0 aliphatic heterocycles. The fourth-order valence-electron chi connectivity index (χ4n) is 3.08. The first-order valence-corrected chi connectivity index (χ1v) is 9.12. The summed E-state index contributed by atoms with van der Waals surface area (Å²) in [6.45, 7) is 0. The van der Waals surface area contributed by atoms with Crippen LogP contribution >= 0.6 is 11.6 Å². The lowest BCUT2D eigenvalue weighted by Crippen LogP contribution is -2.23. The Morgan fingerprint density at radius 1 is 0.931 bits per heavy atom. The van der Waals surface area contributed by atoms with Crippen LogP contribution in [-0.2, 0) is 0 Å². The maximum atomic E-state index is 13.2. The molecule has 0 saturated heterocycles. The molecule has 3 aromatic carbocycles. The van der Waals surface area contributed by atoms with Crippen molar-refractivity contribution >= 4 is 40.3 Å². The molecule has 0 saturated carbocycles. The Morgan fingerprint density at radius 2 is 1.62 bits per heavy atom. The zero-order chi connectivity index (χ0) is 20.4. The van der Waals surface area contributed by atoms with E-state index >= 15 is 0 Å². The minimum Gasteiger partial charge on any atom is -0.268 e. The number of halogens is 1. The molecule has 0 fully saturated rings. The zero-order valence-corrected chi connectivity index (χ0v) is 15.8. The minimum absolute atomic E-state index is 0.152. The van der Waals surface area contributed by atoms with E-state index in [1.54, 1.807) is 54.6 Å². The van der Waals surface area contributed by atoms with E-state index in [0.717, 1.165) is 5.56 Å². The van der Waals surface area contributed by atoms with Gasteiger partial charge in [-0.05, 0) is 42.0 Å². The highest BCUT2D eigenvalue weighted by molar-refractivity contribution is 6.32. The van der Waals surface area contributed by atoms with Gasteiger partial charge in [0.15, 0.2) is 0 Å². The van der Waals surface area contributed by atoms with Gasteiger partial charge in [-0.15, -0.1) is 0 Å². The van der Waals surface area contributed by atoms with Crippen LogP contribution in [-0.4, -0.2) is 14.5 Å². The molecule has 1 heterocycles. The fourth-order valence-corrected chi connectivity index (χ4v) is 3.28. The third-order valence-corrected chi connectivity index (χ3v) is 4.78. The van der Waals surface area contributed by atoms with Gasteiger partial charge in [-0.1, -0.05) is 54.1 Å². The predicted octanol–water partition coefficient (Wildman–Crippen LogP) is 5.12. The number of para-hydroxylation sites is 3. The van der Waals surface area contributed by atoms with Gasteiger partial charge in [-0.2, -0.15) is 0 Å². The summed E-state index contributed by atoms with van der Waals surface area (Å²) in [5.41, 5.74) is 0.833. The SMILES string of the molecule is O=c1c2ccccc2nc(C=Cc2ccccc2Cl)n1-c1ccccc1[N+](=O)[O-]. The highest BCUT2D eigenvalue weighted by atomic mass is 35.5. The quantitative estimate of drug-likeness (QED) is 0.350.